The van der Waals surface area contributed by atoms with Crippen molar-refractivity contribution in [3.63, 3.8) is 0 Å². The molecule has 0 radical (unpaired) electrons. The molecule has 0 bridgehead atoms. The second kappa shape index (κ2) is 11.3. The Labute approximate surface area is 197 Å². The van der Waals surface area contributed by atoms with Crippen LogP contribution in [0.3, 0.4) is 0 Å². The molecule has 0 aromatic heterocycles. The molecule has 0 unspecified atom stereocenters. The maximum absolute atomic E-state index is 12.8. The van der Waals surface area contributed by atoms with Crippen LogP contribution in [0.25, 0.3) is 0 Å². The summed E-state index contributed by atoms with van der Waals surface area (Å²) in [5.41, 5.74) is -0.0507. The van der Waals surface area contributed by atoms with Crippen molar-refractivity contribution in [2.75, 3.05) is 39.8 Å². The molecule has 34 heavy (non-hydrogen) atoms. The quantitative estimate of drug-likeness (QED) is 0.483. The van der Waals surface area contributed by atoms with Gasteiger partial charge >= 0.3 is 5.97 Å². The molecule has 2 N–H and O–H groups in total. The molecule has 0 heterocycles. The van der Waals surface area contributed by atoms with Gasteiger partial charge in [-0.05, 0) is 25.0 Å². The molecule has 1 aliphatic carbocycles. The molecule has 0 saturated heterocycles. The summed E-state index contributed by atoms with van der Waals surface area (Å²) in [6.07, 6.45) is 1.71. The Bertz CT molecular complexity index is 1050. The second-order valence-electron chi connectivity index (χ2n) is 7.61. The van der Waals surface area contributed by atoms with Crippen LogP contribution in [-0.2, 0) is 9.59 Å². The second-order valence-corrected chi connectivity index (χ2v) is 7.61. The zero-order valence-electron chi connectivity index (χ0n) is 19.3. The van der Waals surface area contributed by atoms with Gasteiger partial charge in [-0.15, -0.1) is 0 Å². The number of carboxylic acid groups (broad SMARTS) is 1. The van der Waals surface area contributed by atoms with Gasteiger partial charge in [0.25, 0.3) is 5.91 Å². The van der Waals surface area contributed by atoms with Crippen LogP contribution in [0.15, 0.2) is 36.4 Å². The minimum atomic E-state index is -1.22. The molecule has 0 atom stereocenters. The normalized spacial score (nSPS) is 12.4. The molecule has 1 fully saturated rings. The number of nitrogens with zero attached hydrogens (tertiary/aromatic N) is 1. The molecule has 182 valence electrons. The highest BCUT2D eigenvalue weighted by Crippen LogP contribution is 2.34. The number of methoxy groups -OCH3 is 3. The Kier molecular flexibility index (Phi) is 8.18. The summed E-state index contributed by atoms with van der Waals surface area (Å²) in [6.45, 7) is -0.00234. The van der Waals surface area contributed by atoms with Gasteiger partial charge in [-0.25, -0.2) is 4.79 Å². The summed E-state index contributed by atoms with van der Waals surface area (Å²) < 4.78 is 21.2. The van der Waals surface area contributed by atoms with Crippen molar-refractivity contribution < 1.29 is 38.4 Å². The number of anilines is 1. The van der Waals surface area contributed by atoms with Crippen molar-refractivity contribution in [3.05, 3.63) is 42.0 Å². The first-order valence-electron chi connectivity index (χ1n) is 10.7. The lowest BCUT2D eigenvalue weighted by molar-refractivity contribution is -0.134. The van der Waals surface area contributed by atoms with E-state index in [2.05, 4.69) is 5.32 Å². The fourth-order valence-corrected chi connectivity index (χ4v) is 3.45. The van der Waals surface area contributed by atoms with Crippen molar-refractivity contribution in [3.8, 4) is 23.0 Å². The van der Waals surface area contributed by atoms with E-state index in [1.807, 2.05) is 0 Å². The van der Waals surface area contributed by atoms with Crippen LogP contribution in [0.1, 0.15) is 29.6 Å². The van der Waals surface area contributed by atoms with E-state index in [9.17, 15) is 19.5 Å². The number of para-hydroxylation sites is 2. The largest absolute Gasteiger partial charge is 0.493 e. The molecular weight excluding hydrogens is 444 g/mol. The minimum absolute atomic E-state index is 0.00962. The minimum Gasteiger partial charge on any atom is -0.493 e. The van der Waals surface area contributed by atoms with Crippen LogP contribution in [0.4, 0.5) is 5.69 Å². The zero-order valence-corrected chi connectivity index (χ0v) is 19.3. The third kappa shape index (κ3) is 6.09. The van der Waals surface area contributed by atoms with Gasteiger partial charge in [0.2, 0.25) is 5.91 Å². The topological polar surface area (TPSA) is 124 Å². The fourth-order valence-electron chi connectivity index (χ4n) is 3.45. The standard InChI is InChI=1S/C24H28N2O8/c1-31-18-6-4-5-7-19(18)34-14-23(28)26(15-8-9-15)11-10-22(27)25-17-13-21(33-3)20(32-2)12-16(17)24(29)30/h4-7,12-13,15H,8-11,14H2,1-3H3,(H,25,27)(H,29,30). The lowest BCUT2D eigenvalue weighted by Crippen LogP contribution is -2.38. The van der Waals surface area contributed by atoms with E-state index >= 15 is 0 Å². The van der Waals surface area contributed by atoms with Crippen molar-refractivity contribution in [2.45, 2.75) is 25.3 Å². The average Bonchev–Trinajstić information content (AvgIpc) is 3.67. The molecule has 0 spiro atoms. The average molecular weight is 472 g/mol. The van der Waals surface area contributed by atoms with E-state index in [4.69, 9.17) is 18.9 Å². The summed E-state index contributed by atoms with van der Waals surface area (Å²) in [5, 5.41) is 12.1. The lowest BCUT2D eigenvalue weighted by Gasteiger charge is -2.22. The number of benzene rings is 2. The number of amides is 2. The van der Waals surface area contributed by atoms with Gasteiger partial charge in [0.15, 0.2) is 29.6 Å². The number of aromatic carboxylic acids is 1. The van der Waals surface area contributed by atoms with Crippen LogP contribution >= 0.6 is 0 Å². The smallest absolute Gasteiger partial charge is 0.337 e. The summed E-state index contributed by atoms with van der Waals surface area (Å²) in [4.78, 5) is 38.7. The number of rotatable bonds is 12. The Balaban J connectivity index is 1.62. The first kappa shape index (κ1) is 24.7. The van der Waals surface area contributed by atoms with Gasteiger partial charge in [-0.1, -0.05) is 12.1 Å². The van der Waals surface area contributed by atoms with E-state index in [0.717, 1.165) is 12.8 Å². The molecule has 0 aliphatic heterocycles. The number of nitrogens with one attached hydrogen (secondary N) is 1. The number of carbonyl (C=O) groups is 3. The maximum atomic E-state index is 12.8. The Morgan fingerprint density at radius 1 is 0.971 bits per heavy atom. The van der Waals surface area contributed by atoms with Gasteiger partial charge < -0.3 is 34.3 Å². The van der Waals surface area contributed by atoms with E-state index in [1.165, 1.54) is 33.5 Å². The molecular formula is C24H28N2O8. The first-order chi connectivity index (χ1) is 16.4. The van der Waals surface area contributed by atoms with E-state index in [0.29, 0.717) is 11.5 Å². The Morgan fingerprint density at radius 3 is 2.18 bits per heavy atom. The number of carbonyl (C=O) groups excluding carboxylic acids is 2. The first-order valence-corrected chi connectivity index (χ1v) is 10.7. The maximum Gasteiger partial charge on any atom is 0.337 e. The van der Waals surface area contributed by atoms with Crippen LogP contribution in [0, 0.1) is 0 Å². The van der Waals surface area contributed by atoms with E-state index in [-0.39, 0.29) is 54.3 Å². The molecule has 1 saturated carbocycles. The van der Waals surface area contributed by atoms with Crippen LogP contribution in [0.5, 0.6) is 23.0 Å². The highest BCUT2D eigenvalue weighted by molar-refractivity contribution is 6.01. The summed E-state index contributed by atoms with van der Waals surface area (Å²) >= 11 is 0. The molecule has 1 aliphatic rings. The number of ether oxygens (including phenoxy) is 4. The third-order valence-electron chi connectivity index (χ3n) is 5.34. The monoisotopic (exact) mass is 472 g/mol. The van der Waals surface area contributed by atoms with Gasteiger partial charge in [-0.3, -0.25) is 9.59 Å². The Hall–Kier alpha value is -3.95. The van der Waals surface area contributed by atoms with E-state index in [1.54, 1.807) is 29.2 Å². The van der Waals surface area contributed by atoms with Gasteiger partial charge in [-0.2, -0.15) is 0 Å². The lowest BCUT2D eigenvalue weighted by atomic mass is 10.1. The fraction of sp³-hybridized carbons (Fsp3) is 0.375. The van der Waals surface area contributed by atoms with Crippen molar-refractivity contribution in [2.24, 2.45) is 0 Å². The molecule has 2 amide bonds. The number of carboxylic acids is 1. The van der Waals surface area contributed by atoms with E-state index < -0.39 is 11.9 Å². The number of hydrogen-bond donors (Lipinski definition) is 2. The third-order valence-corrected chi connectivity index (χ3v) is 5.34. The summed E-state index contributed by atoms with van der Waals surface area (Å²) in [5.74, 6) is -0.389. The van der Waals surface area contributed by atoms with Crippen LogP contribution in [0.2, 0.25) is 0 Å². The molecule has 3 rings (SSSR count). The predicted molar refractivity (Wildman–Crippen MR) is 123 cm³/mol. The Morgan fingerprint density at radius 2 is 1.59 bits per heavy atom. The number of hydrogen-bond acceptors (Lipinski definition) is 7. The molecule has 10 nitrogen and oxygen atoms in total. The van der Waals surface area contributed by atoms with Crippen LogP contribution in [-0.4, -0.2) is 68.3 Å². The van der Waals surface area contributed by atoms with Gasteiger partial charge in [0.1, 0.15) is 0 Å². The van der Waals surface area contributed by atoms with Crippen molar-refractivity contribution in [1.82, 2.24) is 4.90 Å². The highest BCUT2D eigenvalue weighted by Gasteiger charge is 2.33. The summed E-state index contributed by atoms with van der Waals surface area (Å²) in [6, 6.07) is 9.78. The van der Waals surface area contributed by atoms with Crippen molar-refractivity contribution >= 4 is 23.5 Å². The zero-order chi connectivity index (χ0) is 24.7. The molecule has 10 heteroatoms. The van der Waals surface area contributed by atoms with Gasteiger partial charge in [0, 0.05) is 31.1 Å². The van der Waals surface area contributed by atoms with Crippen LogP contribution < -0.4 is 24.3 Å². The predicted octanol–water partition coefficient (Wildman–Crippen LogP) is 2.81. The summed E-state index contributed by atoms with van der Waals surface area (Å²) in [7, 11) is 4.33. The highest BCUT2D eigenvalue weighted by atomic mass is 16.5. The molecule has 2 aromatic carbocycles. The molecule has 2 aromatic rings. The van der Waals surface area contributed by atoms with Gasteiger partial charge in [0.05, 0.1) is 32.6 Å². The SMILES string of the molecule is COc1cc(NC(=O)CCN(C(=O)COc2ccccc2OC)C2CC2)c(C(=O)O)cc1OC. The van der Waals surface area contributed by atoms with Crippen molar-refractivity contribution in [1.29, 1.82) is 0 Å².